The van der Waals surface area contributed by atoms with Crippen LogP contribution >= 0.6 is 0 Å². The van der Waals surface area contributed by atoms with Crippen molar-refractivity contribution in [2.24, 2.45) is 16.6 Å². The summed E-state index contributed by atoms with van der Waals surface area (Å²) in [6, 6.07) is 0.258. The van der Waals surface area contributed by atoms with Crippen molar-refractivity contribution in [3.63, 3.8) is 0 Å². The van der Waals surface area contributed by atoms with Crippen LogP contribution in [0.3, 0.4) is 0 Å². The van der Waals surface area contributed by atoms with Crippen LogP contribution in [0.4, 0.5) is 0 Å². The fraction of sp³-hybridized carbons (Fsp3) is 0.810. The predicted molar refractivity (Wildman–Crippen MR) is 113 cm³/mol. The van der Waals surface area contributed by atoms with Gasteiger partial charge in [-0.3, -0.25) is 9.79 Å². The minimum absolute atomic E-state index is 0.0391. The Morgan fingerprint density at radius 2 is 1.68 bits per heavy atom. The molecule has 0 aromatic carbocycles. The third-order valence-corrected chi connectivity index (χ3v) is 4.57. The van der Waals surface area contributed by atoms with Crippen LogP contribution in [0.15, 0.2) is 16.8 Å². The van der Waals surface area contributed by atoms with E-state index in [9.17, 15) is 4.79 Å². The van der Waals surface area contributed by atoms with Crippen molar-refractivity contribution in [1.82, 2.24) is 4.90 Å². The molecule has 0 unspecified atom stereocenters. The maximum atomic E-state index is 12.0. The largest absolute Gasteiger partial charge is 0.404 e. The minimum Gasteiger partial charge on any atom is -0.404 e. The van der Waals surface area contributed by atoms with Crippen molar-refractivity contribution in [3.05, 3.63) is 11.8 Å². The minimum atomic E-state index is -0.0677. The number of nitrogens with two attached hydrogens (primary N) is 1. The Balaban J connectivity index is 2.09. The summed E-state index contributed by atoms with van der Waals surface area (Å²) in [5.74, 6) is -0.0286. The highest BCUT2D eigenvalue weighted by Gasteiger charge is 2.18. The van der Waals surface area contributed by atoms with E-state index in [1.54, 1.807) is 6.21 Å². The maximum absolute atomic E-state index is 12.0. The van der Waals surface area contributed by atoms with E-state index in [0.717, 1.165) is 32.5 Å². The SMILES string of the molecule is CC(C)OCCOCCOCCN1CCC(N=C/C(=C\N)C(=O)C(C)C)CC1. The van der Waals surface area contributed by atoms with Gasteiger partial charge in [0.1, 0.15) is 0 Å². The van der Waals surface area contributed by atoms with Gasteiger partial charge in [0.25, 0.3) is 0 Å². The van der Waals surface area contributed by atoms with E-state index in [2.05, 4.69) is 9.89 Å². The summed E-state index contributed by atoms with van der Waals surface area (Å²) in [6.45, 7) is 13.8. The molecule has 1 aliphatic rings. The Kier molecular flexibility index (Phi) is 13.0. The number of nitrogens with zero attached hydrogens (tertiary/aromatic N) is 2. The molecular formula is C21H39N3O4. The van der Waals surface area contributed by atoms with Crippen molar-refractivity contribution in [3.8, 4) is 0 Å². The average molecular weight is 398 g/mol. The number of allylic oxidation sites excluding steroid dienone is 1. The van der Waals surface area contributed by atoms with Crippen molar-refractivity contribution in [2.45, 2.75) is 52.7 Å². The van der Waals surface area contributed by atoms with Crippen LogP contribution < -0.4 is 5.73 Å². The lowest BCUT2D eigenvalue weighted by Gasteiger charge is -2.30. The zero-order valence-electron chi connectivity index (χ0n) is 18.1. The molecule has 0 aliphatic carbocycles. The summed E-state index contributed by atoms with van der Waals surface area (Å²) < 4.78 is 16.5. The number of rotatable bonds is 14. The Labute approximate surface area is 170 Å². The summed E-state index contributed by atoms with van der Waals surface area (Å²) >= 11 is 0. The van der Waals surface area contributed by atoms with Gasteiger partial charge in [-0.05, 0) is 26.7 Å². The normalized spacial score (nSPS) is 17.3. The lowest BCUT2D eigenvalue weighted by molar-refractivity contribution is -0.117. The number of carbonyl (C=O) groups is 1. The molecule has 1 heterocycles. The first kappa shape index (κ1) is 24.8. The molecule has 1 aliphatic heterocycles. The van der Waals surface area contributed by atoms with E-state index in [-0.39, 0.29) is 23.8 Å². The van der Waals surface area contributed by atoms with Gasteiger partial charge in [-0.15, -0.1) is 0 Å². The second-order valence-electron chi connectivity index (χ2n) is 7.64. The highest BCUT2D eigenvalue weighted by atomic mass is 16.5. The van der Waals surface area contributed by atoms with Crippen LogP contribution in [0.1, 0.15) is 40.5 Å². The number of piperidine rings is 1. The molecule has 0 aromatic rings. The van der Waals surface area contributed by atoms with Gasteiger partial charge < -0.3 is 24.8 Å². The Morgan fingerprint density at radius 1 is 1.07 bits per heavy atom. The number of aliphatic imine (C=N–C) groups is 1. The van der Waals surface area contributed by atoms with Crippen molar-refractivity contribution < 1.29 is 19.0 Å². The number of hydrogen-bond donors (Lipinski definition) is 1. The monoisotopic (exact) mass is 397 g/mol. The number of likely N-dealkylation sites (tertiary alicyclic amines) is 1. The van der Waals surface area contributed by atoms with E-state index in [1.165, 1.54) is 6.20 Å². The standard InChI is InChI=1S/C21H39N3O4/c1-17(2)21(25)19(15-22)16-23-20-5-7-24(8-6-20)9-10-26-11-12-27-13-14-28-18(3)4/h15-18,20H,5-14,22H2,1-4H3/b19-15+,23-16?. The molecule has 0 radical (unpaired) electrons. The van der Waals surface area contributed by atoms with Crippen molar-refractivity contribution in [2.75, 3.05) is 52.7 Å². The van der Waals surface area contributed by atoms with E-state index in [0.29, 0.717) is 38.6 Å². The summed E-state index contributed by atoms with van der Waals surface area (Å²) in [5, 5.41) is 0. The summed E-state index contributed by atoms with van der Waals surface area (Å²) in [4.78, 5) is 19.0. The molecule has 0 bridgehead atoms. The number of ether oxygens (including phenoxy) is 3. The zero-order chi connectivity index (χ0) is 20.8. The molecule has 1 saturated heterocycles. The number of Topliss-reactive ketones (excluding diaryl/α,β-unsaturated/α-hetero) is 1. The van der Waals surface area contributed by atoms with Gasteiger partial charge in [0.2, 0.25) is 0 Å². The van der Waals surface area contributed by atoms with Crippen LogP contribution in [0.2, 0.25) is 0 Å². The van der Waals surface area contributed by atoms with E-state index in [4.69, 9.17) is 19.9 Å². The quantitative estimate of drug-likeness (QED) is 0.274. The van der Waals surface area contributed by atoms with Gasteiger partial charge in [-0.1, -0.05) is 13.8 Å². The molecule has 1 rings (SSSR count). The number of hydrogen-bond acceptors (Lipinski definition) is 7. The molecule has 28 heavy (non-hydrogen) atoms. The lowest BCUT2D eigenvalue weighted by Crippen LogP contribution is -2.37. The van der Waals surface area contributed by atoms with E-state index >= 15 is 0 Å². The molecule has 0 spiro atoms. The van der Waals surface area contributed by atoms with Crippen molar-refractivity contribution in [1.29, 1.82) is 0 Å². The summed E-state index contributed by atoms with van der Waals surface area (Å²) in [5.41, 5.74) is 6.07. The molecule has 7 nitrogen and oxygen atoms in total. The molecule has 0 aromatic heterocycles. The fourth-order valence-electron chi connectivity index (χ4n) is 2.86. The van der Waals surface area contributed by atoms with Crippen LogP contribution in [0, 0.1) is 5.92 Å². The first-order valence-corrected chi connectivity index (χ1v) is 10.4. The van der Waals surface area contributed by atoms with Crippen LogP contribution in [0.25, 0.3) is 0 Å². The lowest BCUT2D eigenvalue weighted by atomic mass is 10.0. The van der Waals surface area contributed by atoms with Crippen LogP contribution in [0.5, 0.6) is 0 Å². The van der Waals surface area contributed by atoms with Gasteiger partial charge in [0.15, 0.2) is 5.78 Å². The molecule has 7 heteroatoms. The number of carbonyl (C=O) groups excluding carboxylic acids is 1. The van der Waals surface area contributed by atoms with Crippen LogP contribution in [-0.4, -0.2) is 81.7 Å². The maximum Gasteiger partial charge on any atom is 0.168 e. The Bertz CT molecular complexity index is 484. The van der Waals surface area contributed by atoms with E-state index in [1.807, 2.05) is 27.7 Å². The first-order valence-electron chi connectivity index (χ1n) is 10.4. The third-order valence-electron chi connectivity index (χ3n) is 4.57. The van der Waals surface area contributed by atoms with Gasteiger partial charge in [-0.2, -0.15) is 0 Å². The molecule has 0 saturated carbocycles. The average Bonchev–Trinajstić information content (AvgIpc) is 2.67. The highest BCUT2D eigenvalue weighted by Crippen LogP contribution is 2.14. The summed E-state index contributed by atoms with van der Waals surface area (Å²) in [7, 11) is 0. The van der Waals surface area contributed by atoms with E-state index < -0.39 is 0 Å². The molecule has 1 fully saturated rings. The number of ketones is 1. The molecule has 162 valence electrons. The first-order chi connectivity index (χ1) is 13.4. The summed E-state index contributed by atoms with van der Waals surface area (Å²) in [6.07, 6.45) is 5.24. The molecule has 2 N–H and O–H groups in total. The predicted octanol–water partition coefficient (Wildman–Crippen LogP) is 2.05. The molecule has 0 atom stereocenters. The third kappa shape index (κ3) is 10.9. The highest BCUT2D eigenvalue weighted by molar-refractivity contribution is 6.13. The second-order valence-corrected chi connectivity index (χ2v) is 7.64. The van der Waals surface area contributed by atoms with Gasteiger partial charge in [-0.25, -0.2) is 0 Å². The van der Waals surface area contributed by atoms with Crippen molar-refractivity contribution >= 4 is 12.0 Å². The fourth-order valence-corrected chi connectivity index (χ4v) is 2.86. The zero-order valence-corrected chi connectivity index (χ0v) is 18.1. The van der Waals surface area contributed by atoms with Gasteiger partial charge >= 0.3 is 0 Å². The second kappa shape index (κ2) is 14.7. The van der Waals surface area contributed by atoms with Gasteiger partial charge in [0.05, 0.1) is 50.8 Å². The Hall–Kier alpha value is -1.28. The Morgan fingerprint density at radius 3 is 2.25 bits per heavy atom. The topological polar surface area (TPSA) is 86.4 Å². The van der Waals surface area contributed by atoms with Crippen LogP contribution in [-0.2, 0) is 19.0 Å². The van der Waals surface area contributed by atoms with Gasteiger partial charge in [0, 0.05) is 38.0 Å². The molecule has 0 amide bonds. The molecular weight excluding hydrogens is 358 g/mol. The smallest absolute Gasteiger partial charge is 0.168 e.